The summed E-state index contributed by atoms with van der Waals surface area (Å²) in [5, 5.41) is 6.61. The zero-order chi connectivity index (χ0) is 29.2. The molecular formula is C31H39N11. The number of aromatic nitrogens is 6. The van der Waals surface area contributed by atoms with E-state index < -0.39 is 0 Å². The summed E-state index contributed by atoms with van der Waals surface area (Å²) < 4.78 is 0. The number of anilines is 6. The van der Waals surface area contributed by atoms with E-state index in [-0.39, 0.29) is 17.9 Å². The summed E-state index contributed by atoms with van der Waals surface area (Å²) >= 11 is 0. The van der Waals surface area contributed by atoms with Gasteiger partial charge in [0.1, 0.15) is 11.6 Å². The molecule has 2 fully saturated rings. The minimum atomic E-state index is 0.178. The van der Waals surface area contributed by atoms with E-state index in [0.717, 1.165) is 34.3 Å². The lowest BCUT2D eigenvalue weighted by atomic mass is 9.83. The van der Waals surface area contributed by atoms with Crippen molar-refractivity contribution in [3.05, 3.63) is 71.3 Å². The van der Waals surface area contributed by atoms with E-state index in [4.69, 9.17) is 21.4 Å². The van der Waals surface area contributed by atoms with Crippen LogP contribution in [0.1, 0.15) is 55.4 Å². The number of fused-ring (bicyclic) bond motifs is 2. The zero-order valence-corrected chi connectivity index (χ0v) is 24.5. The predicted octanol–water partition coefficient (Wildman–Crippen LogP) is 5.15. The van der Waals surface area contributed by atoms with Crippen LogP contribution in [0.2, 0.25) is 0 Å². The van der Waals surface area contributed by atoms with Crippen LogP contribution in [0.4, 0.5) is 35.2 Å². The number of hydrogen-bond acceptors (Lipinski definition) is 11. The molecule has 4 atom stereocenters. The minimum absolute atomic E-state index is 0.178. The molecule has 0 amide bonds. The molecule has 2 aliphatic carbocycles. The fourth-order valence-corrected chi connectivity index (χ4v) is 6.66. The molecule has 6 N–H and O–H groups in total. The SMILES string of the molecule is Cc1ccccc1Nc1nc(N)nc(CN(Cc2nc(N)nc(Nc3ccccc3C)n2)[C@H](C)[C@@H]2C[C@H]3CC[C@H]2C3)n1. The lowest BCUT2D eigenvalue weighted by Crippen LogP contribution is -2.40. The summed E-state index contributed by atoms with van der Waals surface area (Å²) in [4.78, 5) is 29.6. The van der Waals surface area contributed by atoms with Gasteiger partial charge in [-0.3, -0.25) is 4.90 Å². The van der Waals surface area contributed by atoms with Gasteiger partial charge in [0.2, 0.25) is 23.8 Å². The summed E-state index contributed by atoms with van der Waals surface area (Å²) in [5.74, 6) is 4.56. The molecule has 2 bridgehead atoms. The second-order valence-corrected chi connectivity index (χ2v) is 11.7. The van der Waals surface area contributed by atoms with Gasteiger partial charge in [-0.2, -0.15) is 29.9 Å². The molecular weight excluding hydrogens is 526 g/mol. The highest BCUT2D eigenvalue weighted by atomic mass is 15.3. The largest absolute Gasteiger partial charge is 0.368 e. The number of aryl methyl sites for hydroxylation is 2. The van der Waals surface area contributed by atoms with E-state index in [9.17, 15) is 0 Å². The molecule has 0 aliphatic heterocycles. The Morgan fingerprint density at radius 2 is 1.26 bits per heavy atom. The van der Waals surface area contributed by atoms with Crippen molar-refractivity contribution in [1.82, 2.24) is 34.8 Å². The molecule has 6 rings (SSSR count). The Labute approximate surface area is 246 Å². The van der Waals surface area contributed by atoms with Crippen LogP contribution in [-0.2, 0) is 13.1 Å². The monoisotopic (exact) mass is 565 g/mol. The van der Waals surface area contributed by atoms with Gasteiger partial charge in [-0.25, -0.2) is 0 Å². The average Bonchev–Trinajstić information content (AvgIpc) is 3.59. The van der Waals surface area contributed by atoms with E-state index in [1.165, 1.54) is 25.7 Å². The smallest absolute Gasteiger partial charge is 0.232 e. The molecule has 2 aromatic heterocycles. The number of rotatable bonds is 10. The van der Waals surface area contributed by atoms with Crippen LogP contribution in [-0.4, -0.2) is 40.8 Å². The van der Waals surface area contributed by atoms with Gasteiger partial charge in [0, 0.05) is 17.4 Å². The van der Waals surface area contributed by atoms with Crippen molar-refractivity contribution in [2.24, 2.45) is 17.8 Å². The van der Waals surface area contributed by atoms with Gasteiger partial charge in [-0.1, -0.05) is 42.8 Å². The Hall–Kier alpha value is -4.38. The van der Waals surface area contributed by atoms with Crippen molar-refractivity contribution in [3.8, 4) is 0 Å². The molecule has 2 heterocycles. The first kappa shape index (κ1) is 27.8. The summed E-state index contributed by atoms with van der Waals surface area (Å²) in [6.45, 7) is 7.32. The number of hydrogen-bond donors (Lipinski definition) is 4. The Bertz CT molecular complexity index is 1460. The maximum atomic E-state index is 6.17. The number of nitrogens with one attached hydrogen (secondary N) is 2. The lowest BCUT2D eigenvalue weighted by molar-refractivity contribution is 0.100. The number of nitrogens with two attached hydrogens (primary N) is 2. The van der Waals surface area contributed by atoms with Gasteiger partial charge in [0.05, 0.1) is 13.1 Å². The van der Waals surface area contributed by atoms with Gasteiger partial charge in [0.25, 0.3) is 0 Å². The number of para-hydroxylation sites is 2. The van der Waals surface area contributed by atoms with Crippen LogP contribution in [0, 0.1) is 31.6 Å². The van der Waals surface area contributed by atoms with E-state index in [1.54, 1.807) is 0 Å². The summed E-state index contributed by atoms with van der Waals surface area (Å²) in [5.41, 5.74) is 16.4. The van der Waals surface area contributed by atoms with Crippen molar-refractivity contribution < 1.29 is 0 Å². The molecule has 2 aromatic carbocycles. The molecule has 0 unspecified atom stereocenters. The van der Waals surface area contributed by atoms with Crippen molar-refractivity contribution in [2.45, 2.75) is 65.6 Å². The van der Waals surface area contributed by atoms with Gasteiger partial charge >= 0.3 is 0 Å². The van der Waals surface area contributed by atoms with E-state index >= 15 is 0 Å². The highest BCUT2D eigenvalue weighted by molar-refractivity contribution is 5.59. The topological polar surface area (TPSA) is 157 Å². The Morgan fingerprint density at radius 3 is 1.71 bits per heavy atom. The second kappa shape index (κ2) is 11.8. The highest BCUT2D eigenvalue weighted by Gasteiger charge is 2.43. The highest BCUT2D eigenvalue weighted by Crippen LogP contribution is 2.50. The van der Waals surface area contributed by atoms with E-state index in [1.807, 2.05) is 62.4 Å². The van der Waals surface area contributed by atoms with Crippen LogP contribution in [0.25, 0.3) is 0 Å². The van der Waals surface area contributed by atoms with Crippen molar-refractivity contribution in [2.75, 3.05) is 22.1 Å². The normalized spacial score (nSPS) is 20.1. The standard InChI is InChI=1S/C31H39N11/c1-18-8-4-6-10-24(18)34-30-38-26(36-28(32)40-30)16-42(20(3)23-15-21-12-13-22(23)14-21)17-27-37-29(33)41-31(39-27)35-25-11-7-5-9-19(25)2/h4-11,20-23H,12-17H2,1-3H3,(H3,32,34,36,38,40)(H3,33,35,37,39,41)/t20-,21+,22+,23+/m1/s1. The molecule has 2 aliphatic rings. The minimum Gasteiger partial charge on any atom is -0.368 e. The van der Waals surface area contributed by atoms with Crippen molar-refractivity contribution in [1.29, 1.82) is 0 Å². The van der Waals surface area contributed by atoms with Crippen LogP contribution in [0.5, 0.6) is 0 Å². The average molecular weight is 566 g/mol. The van der Waals surface area contributed by atoms with Gasteiger partial charge in [-0.15, -0.1) is 0 Å². The number of nitrogen functional groups attached to an aromatic ring is 2. The Morgan fingerprint density at radius 1 is 0.738 bits per heavy atom. The number of benzene rings is 2. The molecule has 218 valence electrons. The molecule has 0 radical (unpaired) electrons. The first-order chi connectivity index (χ1) is 20.3. The molecule has 11 nitrogen and oxygen atoms in total. The maximum absolute atomic E-state index is 6.17. The summed E-state index contributed by atoms with van der Waals surface area (Å²) in [6.07, 6.45) is 5.24. The first-order valence-corrected chi connectivity index (χ1v) is 14.7. The van der Waals surface area contributed by atoms with Crippen LogP contribution in [0.3, 0.4) is 0 Å². The summed E-state index contributed by atoms with van der Waals surface area (Å²) in [6, 6.07) is 16.3. The fraction of sp³-hybridized carbons (Fsp3) is 0.419. The van der Waals surface area contributed by atoms with E-state index in [0.29, 0.717) is 42.6 Å². The number of nitrogens with zero attached hydrogens (tertiary/aromatic N) is 7. The lowest BCUT2D eigenvalue weighted by Gasteiger charge is -2.36. The first-order valence-electron chi connectivity index (χ1n) is 14.7. The maximum Gasteiger partial charge on any atom is 0.232 e. The molecule has 2 saturated carbocycles. The van der Waals surface area contributed by atoms with Crippen LogP contribution >= 0.6 is 0 Å². The third kappa shape index (κ3) is 6.25. The predicted molar refractivity (Wildman–Crippen MR) is 165 cm³/mol. The van der Waals surface area contributed by atoms with Gasteiger partial charge in [-0.05, 0) is 81.0 Å². The third-order valence-corrected chi connectivity index (χ3v) is 8.86. The summed E-state index contributed by atoms with van der Waals surface area (Å²) in [7, 11) is 0. The molecule has 0 saturated heterocycles. The zero-order valence-electron chi connectivity index (χ0n) is 24.5. The van der Waals surface area contributed by atoms with Crippen molar-refractivity contribution in [3.63, 3.8) is 0 Å². The Balaban J connectivity index is 1.28. The fourth-order valence-electron chi connectivity index (χ4n) is 6.66. The van der Waals surface area contributed by atoms with Crippen LogP contribution in [0.15, 0.2) is 48.5 Å². The molecule has 42 heavy (non-hydrogen) atoms. The van der Waals surface area contributed by atoms with Crippen LogP contribution < -0.4 is 22.1 Å². The second-order valence-electron chi connectivity index (χ2n) is 11.7. The molecule has 0 spiro atoms. The van der Waals surface area contributed by atoms with Gasteiger partial charge < -0.3 is 22.1 Å². The molecule has 4 aromatic rings. The Kier molecular flexibility index (Phi) is 7.84. The third-order valence-electron chi connectivity index (χ3n) is 8.86. The van der Waals surface area contributed by atoms with Crippen molar-refractivity contribution >= 4 is 35.2 Å². The van der Waals surface area contributed by atoms with E-state index in [2.05, 4.69) is 42.4 Å². The quantitative estimate of drug-likeness (QED) is 0.201. The molecule has 11 heteroatoms. The van der Waals surface area contributed by atoms with Gasteiger partial charge in [0.15, 0.2) is 0 Å².